The number of nitrogens with zero attached hydrogens (tertiary/aromatic N) is 1. The van der Waals surface area contributed by atoms with Crippen LogP contribution in [-0.4, -0.2) is 16.0 Å². The van der Waals surface area contributed by atoms with E-state index < -0.39 is 0 Å². The van der Waals surface area contributed by atoms with Gasteiger partial charge in [-0.25, -0.2) is 4.98 Å². The number of amides is 1. The summed E-state index contributed by atoms with van der Waals surface area (Å²) >= 11 is 5.38. The summed E-state index contributed by atoms with van der Waals surface area (Å²) in [6.45, 7) is 7.98. The Balaban J connectivity index is 1.53. The third kappa shape index (κ3) is 4.49. The number of hydrogen-bond donors (Lipinski definition) is 2. The third-order valence-corrected chi connectivity index (χ3v) is 5.48. The number of oxazole rings is 1. The fraction of sp³-hybridized carbons (Fsp3) is 0.160. The van der Waals surface area contributed by atoms with Gasteiger partial charge in [-0.1, -0.05) is 18.2 Å². The van der Waals surface area contributed by atoms with E-state index in [0.29, 0.717) is 11.5 Å². The van der Waals surface area contributed by atoms with Gasteiger partial charge in [-0.3, -0.25) is 10.1 Å². The summed E-state index contributed by atoms with van der Waals surface area (Å²) in [5.74, 6) is 0.289. The lowest BCUT2D eigenvalue weighted by Crippen LogP contribution is -2.34. The second-order valence-electron chi connectivity index (χ2n) is 7.73. The summed E-state index contributed by atoms with van der Waals surface area (Å²) in [6, 6.07) is 17.3. The number of thiocarbonyl (C=S) groups is 1. The van der Waals surface area contributed by atoms with Crippen LogP contribution in [0.15, 0.2) is 59.0 Å². The molecule has 1 amide bonds. The first-order valence-electron chi connectivity index (χ1n) is 9.98. The van der Waals surface area contributed by atoms with Crippen molar-refractivity contribution in [3.63, 3.8) is 0 Å². The van der Waals surface area contributed by atoms with Crippen LogP contribution in [0.5, 0.6) is 0 Å². The van der Waals surface area contributed by atoms with Gasteiger partial charge in [0.25, 0.3) is 5.91 Å². The predicted molar refractivity (Wildman–Crippen MR) is 129 cm³/mol. The molecule has 4 aromatic rings. The average molecular weight is 430 g/mol. The number of rotatable bonds is 3. The van der Waals surface area contributed by atoms with Gasteiger partial charge < -0.3 is 9.73 Å². The molecule has 0 aliphatic heterocycles. The average Bonchev–Trinajstić information content (AvgIpc) is 3.14. The van der Waals surface area contributed by atoms with Gasteiger partial charge in [-0.15, -0.1) is 0 Å². The summed E-state index contributed by atoms with van der Waals surface area (Å²) < 4.78 is 5.91. The van der Waals surface area contributed by atoms with Crippen molar-refractivity contribution in [1.29, 1.82) is 0 Å². The SMILES string of the molecule is Cc1ccc2oc(-c3ccc(C)c(NC(=S)NC(=O)c4ccc(C)c(C)c4)c3)nc2c1. The molecule has 1 heterocycles. The molecule has 156 valence electrons. The van der Waals surface area contributed by atoms with Crippen LogP contribution < -0.4 is 10.6 Å². The number of fused-ring (bicyclic) bond motifs is 1. The van der Waals surface area contributed by atoms with E-state index >= 15 is 0 Å². The monoisotopic (exact) mass is 429 g/mol. The topological polar surface area (TPSA) is 67.2 Å². The number of hydrogen-bond acceptors (Lipinski definition) is 4. The number of carbonyl (C=O) groups excluding carboxylic acids is 1. The Morgan fingerprint density at radius 2 is 1.68 bits per heavy atom. The molecule has 2 N–H and O–H groups in total. The molecule has 3 aromatic carbocycles. The van der Waals surface area contributed by atoms with Gasteiger partial charge in [0, 0.05) is 16.8 Å². The Labute approximate surface area is 186 Å². The molecular formula is C25H23N3O2S. The number of aromatic nitrogens is 1. The summed E-state index contributed by atoms with van der Waals surface area (Å²) in [5.41, 5.74) is 8.05. The molecular weight excluding hydrogens is 406 g/mol. The molecule has 1 aromatic heterocycles. The fourth-order valence-electron chi connectivity index (χ4n) is 3.26. The highest BCUT2D eigenvalue weighted by molar-refractivity contribution is 7.80. The lowest BCUT2D eigenvalue weighted by atomic mass is 10.1. The van der Waals surface area contributed by atoms with E-state index in [1.807, 2.05) is 76.2 Å². The Morgan fingerprint density at radius 3 is 2.45 bits per heavy atom. The Hall–Kier alpha value is -3.51. The molecule has 0 bridgehead atoms. The van der Waals surface area contributed by atoms with Gasteiger partial charge in [0.05, 0.1) is 0 Å². The minimum absolute atomic E-state index is 0.233. The Kier molecular flexibility index (Phi) is 5.57. The van der Waals surface area contributed by atoms with Crippen LogP contribution in [0.3, 0.4) is 0 Å². The number of benzene rings is 3. The van der Waals surface area contributed by atoms with E-state index in [9.17, 15) is 4.79 Å². The van der Waals surface area contributed by atoms with Crippen molar-refractivity contribution in [3.8, 4) is 11.5 Å². The van der Waals surface area contributed by atoms with E-state index in [0.717, 1.165) is 44.6 Å². The summed E-state index contributed by atoms with van der Waals surface area (Å²) in [5, 5.41) is 6.10. The quantitative estimate of drug-likeness (QED) is 0.400. The van der Waals surface area contributed by atoms with Crippen molar-refractivity contribution in [1.82, 2.24) is 10.3 Å². The minimum atomic E-state index is -0.247. The van der Waals surface area contributed by atoms with Crippen molar-refractivity contribution in [2.45, 2.75) is 27.7 Å². The molecule has 0 radical (unpaired) electrons. The van der Waals surface area contributed by atoms with Crippen molar-refractivity contribution in [2.75, 3.05) is 5.32 Å². The van der Waals surface area contributed by atoms with Gasteiger partial charge in [0.1, 0.15) is 5.52 Å². The molecule has 31 heavy (non-hydrogen) atoms. The number of aryl methyl sites for hydroxylation is 4. The first kappa shape index (κ1) is 20.8. The van der Waals surface area contributed by atoms with Gasteiger partial charge >= 0.3 is 0 Å². The molecule has 0 saturated carbocycles. The lowest BCUT2D eigenvalue weighted by Gasteiger charge is -2.13. The molecule has 0 fully saturated rings. The molecule has 6 heteroatoms. The molecule has 0 spiro atoms. The predicted octanol–water partition coefficient (Wildman–Crippen LogP) is 5.86. The maximum absolute atomic E-state index is 12.5. The second-order valence-corrected chi connectivity index (χ2v) is 8.14. The second kappa shape index (κ2) is 8.32. The molecule has 0 aliphatic rings. The van der Waals surface area contributed by atoms with Crippen LogP contribution in [0, 0.1) is 27.7 Å². The minimum Gasteiger partial charge on any atom is -0.436 e. The zero-order chi connectivity index (χ0) is 22.1. The molecule has 0 atom stereocenters. The first-order chi connectivity index (χ1) is 14.8. The van der Waals surface area contributed by atoms with Crippen LogP contribution in [0.4, 0.5) is 5.69 Å². The Morgan fingerprint density at radius 1 is 0.903 bits per heavy atom. The number of nitrogens with one attached hydrogen (secondary N) is 2. The van der Waals surface area contributed by atoms with E-state index in [-0.39, 0.29) is 11.0 Å². The summed E-state index contributed by atoms with van der Waals surface area (Å²) in [7, 11) is 0. The highest BCUT2D eigenvalue weighted by Crippen LogP contribution is 2.28. The van der Waals surface area contributed by atoms with Crippen LogP contribution in [0.1, 0.15) is 32.6 Å². The van der Waals surface area contributed by atoms with Crippen molar-refractivity contribution in [2.24, 2.45) is 0 Å². The first-order valence-corrected chi connectivity index (χ1v) is 10.4. The van der Waals surface area contributed by atoms with Gasteiger partial charge in [-0.05, 0) is 98.6 Å². The maximum Gasteiger partial charge on any atom is 0.257 e. The normalized spacial score (nSPS) is 10.8. The van der Waals surface area contributed by atoms with Crippen molar-refractivity contribution < 1.29 is 9.21 Å². The zero-order valence-electron chi connectivity index (χ0n) is 17.9. The highest BCUT2D eigenvalue weighted by Gasteiger charge is 2.13. The summed E-state index contributed by atoms with van der Waals surface area (Å²) in [4.78, 5) is 17.1. The molecule has 0 aliphatic carbocycles. The third-order valence-electron chi connectivity index (χ3n) is 5.27. The van der Waals surface area contributed by atoms with Gasteiger partial charge in [0.2, 0.25) is 5.89 Å². The molecule has 4 rings (SSSR count). The van der Waals surface area contributed by atoms with Crippen LogP contribution in [0.2, 0.25) is 0 Å². The molecule has 0 unspecified atom stereocenters. The standard InChI is InChI=1S/C25H23N3O2S/c1-14-5-10-22-21(11-14)26-24(30-22)19-9-7-16(3)20(13-19)27-25(31)28-23(29)18-8-6-15(2)17(4)12-18/h5-13H,1-4H3,(H2,27,28,29,31). The smallest absolute Gasteiger partial charge is 0.257 e. The van der Waals surface area contributed by atoms with E-state index in [1.54, 1.807) is 6.07 Å². The van der Waals surface area contributed by atoms with Crippen LogP contribution in [0.25, 0.3) is 22.6 Å². The molecule has 5 nitrogen and oxygen atoms in total. The zero-order valence-corrected chi connectivity index (χ0v) is 18.7. The number of anilines is 1. The fourth-order valence-corrected chi connectivity index (χ4v) is 3.46. The van der Waals surface area contributed by atoms with Gasteiger partial charge in [0.15, 0.2) is 10.7 Å². The van der Waals surface area contributed by atoms with Gasteiger partial charge in [-0.2, -0.15) is 0 Å². The molecule has 0 saturated heterocycles. The van der Waals surface area contributed by atoms with Crippen LogP contribution in [-0.2, 0) is 0 Å². The van der Waals surface area contributed by atoms with E-state index in [2.05, 4.69) is 15.6 Å². The maximum atomic E-state index is 12.5. The summed E-state index contributed by atoms with van der Waals surface area (Å²) in [6.07, 6.45) is 0. The number of carbonyl (C=O) groups is 1. The van der Waals surface area contributed by atoms with Crippen molar-refractivity contribution >= 4 is 40.0 Å². The van der Waals surface area contributed by atoms with E-state index in [1.165, 1.54) is 0 Å². The lowest BCUT2D eigenvalue weighted by molar-refractivity contribution is 0.0977. The Bertz CT molecular complexity index is 1320. The van der Waals surface area contributed by atoms with E-state index in [4.69, 9.17) is 16.6 Å². The van der Waals surface area contributed by atoms with Crippen molar-refractivity contribution in [3.05, 3.63) is 82.4 Å². The largest absolute Gasteiger partial charge is 0.436 e. The van der Waals surface area contributed by atoms with Crippen LogP contribution >= 0.6 is 12.2 Å². The highest BCUT2D eigenvalue weighted by atomic mass is 32.1.